The van der Waals surface area contributed by atoms with E-state index in [0.29, 0.717) is 28.0 Å². The number of furan rings is 1. The molecule has 0 unspecified atom stereocenters. The molecule has 0 radical (unpaired) electrons. The molecule has 4 aromatic rings. The van der Waals surface area contributed by atoms with Crippen LogP contribution >= 0.6 is 23.2 Å². The largest absolute Gasteiger partial charge is 0.482 e. The summed E-state index contributed by atoms with van der Waals surface area (Å²) in [5.74, 6) is -0.0129. The van der Waals surface area contributed by atoms with Crippen molar-refractivity contribution in [3.05, 3.63) is 64.5 Å². The SMILES string of the molecule is Nc1ncc2c(-c3cnn(C4CCNCC4)c3)coc2c1OC/C=C/c1c(Cl)ccc(F)c1Cl. The molecule has 7 nitrogen and oxygen atoms in total. The van der Waals surface area contributed by atoms with Gasteiger partial charge in [0.25, 0.3) is 0 Å². The zero-order valence-corrected chi connectivity index (χ0v) is 19.6. The Balaban J connectivity index is 1.37. The van der Waals surface area contributed by atoms with Crippen LogP contribution in [0.2, 0.25) is 10.0 Å². The Labute approximate surface area is 205 Å². The van der Waals surface area contributed by atoms with Gasteiger partial charge in [0.15, 0.2) is 11.4 Å². The first kappa shape index (κ1) is 22.7. The first-order valence-electron chi connectivity index (χ1n) is 10.9. The minimum atomic E-state index is -0.545. The van der Waals surface area contributed by atoms with E-state index in [0.717, 1.165) is 42.4 Å². The molecule has 0 amide bonds. The van der Waals surface area contributed by atoms with Gasteiger partial charge >= 0.3 is 0 Å². The number of nitrogen functional groups attached to an aromatic ring is 1. The van der Waals surface area contributed by atoms with Crippen LogP contribution in [0.4, 0.5) is 10.2 Å². The van der Waals surface area contributed by atoms with Crippen LogP contribution in [0.3, 0.4) is 0 Å². The number of ether oxygens (including phenoxy) is 1. The summed E-state index contributed by atoms with van der Waals surface area (Å²) >= 11 is 12.1. The van der Waals surface area contributed by atoms with Gasteiger partial charge in [-0.3, -0.25) is 4.68 Å². The van der Waals surface area contributed by atoms with Crippen LogP contribution in [-0.4, -0.2) is 34.5 Å². The second-order valence-electron chi connectivity index (χ2n) is 8.03. The molecule has 176 valence electrons. The second-order valence-corrected chi connectivity index (χ2v) is 8.81. The predicted octanol–water partition coefficient (Wildman–Crippen LogP) is 5.74. The van der Waals surface area contributed by atoms with Crippen molar-refractivity contribution in [2.45, 2.75) is 18.9 Å². The fourth-order valence-electron chi connectivity index (χ4n) is 4.08. The summed E-state index contributed by atoms with van der Waals surface area (Å²) < 4.78 is 27.4. The topological polar surface area (TPSA) is 91.1 Å². The number of anilines is 1. The van der Waals surface area contributed by atoms with E-state index in [2.05, 4.69) is 15.4 Å². The normalized spacial score (nSPS) is 14.9. The van der Waals surface area contributed by atoms with E-state index in [1.165, 1.54) is 12.1 Å². The Bertz CT molecular complexity index is 1360. The van der Waals surface area contributed by atoms with Gasteiger partial charge in [0, 0.05) is 34.1 Å². The number of aromatic nitrogens is 3. The third-order valence-electron chi connectivity index (χ3n) is 5.88. The Kier molecular flexibility index (Phi) is 6.45. The Morgan fingerprint density at radius 3 is 2.91 bits per heavy atom. The Hall–Kier alpha value is -3.07. The van der Waals surface area contributed by atoms with Crippen LogP contribution in [0, 0.1) is 5.82 Å². The lowest BCUT2D eigenvalue weighted by Gasteiger charge is -2.22. The first-order chi connectivity index (χ1) is 16.5. The van der Waals surface area contributed by atoms with Crippen molar-refractivity contribution < 1.29 is 13.5 Å². The number of benzene rings is 1. The molecule has 0 saturated carbocycles. The number of hydrogen-bond acceptors (Lipinski definition) is 6. The summed E-state index contributed by atoms with van der Waals surface area (Å²) in [5.41, 5.74) is 8.73. The van der Waals surface area contributed by atoms with Gasteiger partial charge in [-0.25, -0.2) is 9.37 Å². The maximum absolute atomic E-state index is 13.7. The lowest BCUT2D eigenvalue weighted by atomic mass is 10.1. The van der Waals surface area contributed by atoms with Gasteiger partial charge in [-0.1, -0.05) is 29.3 Å². The van der Waals surface area contributed by atoms with E-state index < -0.39 is 5.82 Å². The molecule has 0 spiro atoms. The van der Waals surface area contributed by atoms with Gasteiger partial charge < -0.3 is 20.2 Å². The molecule has 0 aliphatic carbocycles. The van der Waals surface area contributed by atoms with Gasteiger partial charge in [-0.15, -0.1) is 0 Å². The van der Waals surface area contributed by atoms with Crippen LogP contribution in [0.25, 0.3) is 28.2 Å². The number of nitrogens with one attached hydrogen (secondary N) is 1. The van der Waals surface area contributed by atoms with E-state index in [9.17, 15) is 4.39 Å². The van der Waals surface area contributed by atoms with Gasteiger partial charge in [-0.2, -0.15) is 5.10 Å². The quantitative estimate of drug-likeness (QED) is 0.327. The molecule has 5 rings (SSSR count). The summed E-state index contributed by atoms with van der Waals surface area (Å²) in [6, 6.07) is 3.05. The van der Waals surface area contributed by atoms with Crippen LogP contribution in [0.15, 0.2) is 47.5 Å². The van der Waals surface area contributed by atoms with Gasteiger partial charge in [0.2, 0.25) is 5.75 Å². The molecule has 3 N–H and O–H groups in total. The molecule has 1 aromatic carbocycles. The van der Waals surface area contributed by atoms with Crippen molar-refractivity contribution in [2.24, 2.45) is 0 Å². The standard InChI is InChI=1S/C24H22Cl2FN5O2/c25-19-3-4-20(27)21(26)16(19)2-1-9-33-23-22-17(11-30-24(23)28)18(13-34-22)14-10-31-32(12-14)15-5-7-29-8-6-15/h1-4,10-13,15,29H,5-9H2,(H2,28,30)/b2-1+. The van der Waals surface area contributed by atoms with Crippen molar-refractivity contribution in [1.82, 2.24) is 20.1 Å². The van der Waals surface area contributed by atoms with Crippen molar-refractivity contribution >= 4 is 46.1 Å². The maximum Gasteiger partial charge on any atom is 0.205 e. The van der Waals surface area contributed by atoms with E-state index in [1.54, 1.807) is 24.6 Å². The number of hydrogen-bond donors (Lipinski definition) is 2. The average molecular weight is 502 g/mol. The minimum absolute atomic E-state index is 0.0484. The molecule has 0 bridgehead atoms. The molecule has 4 heterocycles. The maximum atomic E-state index is 13.7. The van der Waals surface area contributed by atoms with Crippen molar-refractivity contribution in [1.29, 1.82) is 0 Å². The highest BCUT2D eigenvalue weighted by molar-refractivity contribution is 6.37. The van der Waals surface area contributed by atoms with Gasteiger partial charge in [-0.05, 0) is 44.1 Å². The second kappa shape index (κ2) is 9.66. The first-order valence-corrected chi connectivity index (χ1v) is 11.6. The van der Waals surface area contributed by atoms with Crippen LogP contribution in [0.1, 0.15) is 24.4 Å². The number of nitrogens with two attached hydrogens (primary N) is 1. The summed E-state index contributed by atoms with van der Waals surface area (Å²) in [6.45, 7) is 2.10. The molecule has 1 saturated heterocycles. The number of pyridine rings is 1. The molecule has 1 aliphatic heterocycles. The summed E-state index contributed by atoms with van der Waals surface area (Å²) in [6.07, 6.45) is 12.5. The molecular weight excluding hydrogens is 480 g/mol. The number of piperidine rings is 1. The van der Waals surface area contributed by atoms with E-state index in [1.807, 2.05) is 17.1 Å². The predicted molar refractivity (Wildman–Crippen MR) is 132 cm³/mol. The van der Waals surface area contributed by atoms with Crippen LogP contribution < -0.4 is 15.8 Å². The molecular formula is C24H22Cl2FN5O2. The number of rotatable bonds is 6. The summed E-state index contributed by atoms with van der Waals surface area (Å²) in [7, 11) is 0. The Morgan fingerprint density at radius 1 is 1.26 bits per heavy atom. The molecule has 1 fully saturated rings. The summed E-state index contributed by atoms with van der Waals surface area (Å²) in [5, 5.41) is 9.00. The fraction of sp³-hybridized carbons (Fsp3) is 0.250. The minimum Gasteiger partial charge on any atom is -0.482 e. The van der Waals surface area contributed by atoms with Gasteiger partial charge in [0.05, 0.1) is 22.6 Å². The van der Waals surface area contributed by atoms with Crippen molar-refractivity contribution in [3.8, 4) is 16.9 Å². The van der Waals surface area contributed by atoms with E-state index >= 15 is 0 Å². The highest BCUT2D eigenvalue weighted by Gasteiger charge is 2.20. The Morgan fingerprint density at radius 2 is 2.09 bits per heavy atom. The molecule has 34 heavy (non-hydrogen) atoms. The summed E-state index contributed by atoms with van der Waals surface area (Å²) in [4.78, 5) is 4.28. The monoisotopic (exact) mass is 501 g/mol. The average Bonchev–Trinajstić information content (AvgIpc) is 3.50. The zero-order valence-electron chi connectivity index (χ0n) is 18.1. The lowest BCUT2D eigenvalue weighted by molar-refractivity contribution is 0.343. The number of halogens is 3. The highest BCUT2D eigenvalue weighted by atomic mass is 35.5. The lowest BCUT2D eigenvalue weighted by Crippen LogP contribution is -2.29. The highest BCUT2D eigenvalue weighted by Crippen LogP contribution is 2.38. The molecule has 3 aromatic heterocycles. The van der Waals surface area contributed by atoms with Crippen molar-refractivity contribution in [3.63, 3.8) is 0 Å². The number of fused-ring (bicyclic) bond motifs is 1. The fourth-order valence-corrected chi connectivity index (χ4v) is 4.58. The van der Waals surface area contributed by atoms with Crippen LogP contribution in [0.5, 0.6) is 5.75 Å². The molecule has 0 atom stereocenters. The molecule has 10 heteroatoms. The third kappa shape index (κ3) is 4.36. The molecule has 1 aliphatic rings. The van der Waals surface area contributed by atoms with Gasteiger partial charge in [0.1, 0.15) is 18.7 Å². The smallest absolute Gasteiger partial charge is 0.205 e. The van der Waals surface area contributed by atoms with Crippen molar-refractivity contribution in [2.75, 3.05) is 25.4 Å². The number of nitrogens with zero attached hydrogens (tertiary/aromatic N) is 3. The van der Waals surface area contributed by atoms with E-state index in [-0.39, 0.29) is 17.4 Å². The third-order valence-corrected chi connectivity index (χ3v) is 6.60. The zero-order chi connectivity index (χ0) is 23.7. The van der Waals surface area contributed by atoms with E-state index in [4.69, 9.17) is 38.1 Å². The van der Waals surface area contributed by atoms with Crippen LogP contribution in [-0.2, 0) is 0 Å².